The third-order valence-corrected chi connectivity index (χ3v) is 8.54. The molecule has 0 bridgehead atoms. The van der Waals surface area contributed by atoms with Gasteiger partial charge in [0.25, 0.3) is 11.8 Å². The van der Waals surface area contributed by atoms with Gasteiger partial charge in [0.1, 0.15) is 5.69 Å². The average molecular weight is 577 g/mol. The zero-order valence-corrected chi connectivity index (χ0v) is 22.7. The molecule has 41 heavy (non-hydrogen) atoms. The summed E-state index contributed by atoms with van der Waals surface area (Å²) in [5.74, 6) is -7.87. The molecule has 14 heteroatoms. The monoisotopic (exact) mass is 576 g/mol. The molecule has 0 spiro atoms. The molecule has 0 radical (unpaired) electrons. The number of carbonyl (C=O) groups excluding carboxylic acids is 2. The maximum Gasteiger partial charge on any atom is 0.317 e. The number of imidazole rings is 1. The Hall–Kier alpha value is -3.71. The van der Waals surface area contributed by atoms with Gasteiger partial charge in [-0.25, -0.2) is 31.9 Å². The molecule has 220 valence electrons. The standard InChI is InChI=1S/C27H32F4N8O2/c1-15(2)39-21(5-8-33-39)24(40)36-23(17-3-6-26(28,29)7-4-17)20-14-38-22(35-20)9-16(10-34-38)12-37-13-19-18(27(19,30)31)11-32-25(37)41/h5,8-10,14-15,17-19,23H,3-4,6-7,11-13H2,1-2H3,(H,32,41)(H,36,40)/t18-,19+,23?/m0/s1. The average Bonchev–Trinajstić information content (AvgIpc) is 3.29. The van der Waals surface area contributed by atoms with Gasteiger partial charge >= 0.3 is 6.03 Å². The third-order valence-electron chi connectivity index (χ3n) is 8.54. The van der Waals surface area contributed by atoms with E-state index in [1.165, 1.54) is 21.8 Å². The van der Waals surface area contributed by atoms with Crippen molar-refractivity contribution in [1.82, 2.24) is 39.9 Å². The smallest absolute Gasteiger partial charge is 0.317 e. The summed E-state index contributed by atoms with van der Waals surface area (Å²) in [4.78, 5) is 31.9. The Kier molecular flexibility index (Phi) is 6.68. The molecule has 3 amide bonds. The van der Waals surface area contributed by atoms with Gasteiger partial charge in [-0.1, -0.05) is 0 Å². The molecule has 3 aromatic heterocycles. The second-order valence-electron chi connectivity index (χ2n) is 11.7. The van der Waals surface area contributed by atoms with Crippen LogP contribution in [0.2, 0.25) is 0 Å². The fourth-order valence-corrected chi connectivity index (χ4v) is 6.09. The first-order valence-electron chi connectivity index (χ1n) is 13.9. The first kappa shape index (κ1) is 27.5. The number of nitrogens with one attached hydrogen (secondary N) is 2. The second-order valence-corrected chi connectivity index (χ2v) is 11.7. The highest BCUT2D eigenvalue weighted by atomic mass is 19.3. The van der Waals surface area contributed by atoms with Crippen molar-refractivity contribution in [2.24, 2.45) is 17.8 Å². The van der Waals surface area contributed by atoms with E-state index in [4.69, 9.17) is 4.98 Å². The first-order valence-corrected chi connectivity index (χ1v) is 13.9. The van der Waals surface area contributed by atoms with E-state index in [1.54, 1.807) is 23.0 Å². The number of aromatic nitrogens is 5. The molecule has 4 heterocycles. The molecule has 1 saturated heterocycles. The predicted octanol–water partition coefficient (Wildman–Crippen LogP) is 4.21. The van der Waals surface area contributed by atoms with E-state index in [9.17, 15) is 27.2 Å². The van der Waals surface area contributed by atoms with E-state index in [0.29, 0.717) is 22.6 Å². The topological polar surface area (TPSA) is 109 Å². The van der Waals surface area contributed by atoms with Crippen LogP contribution in [0, 0.1) is 17.8 Å². The fraction of sp³-hybridized carbons (Fsp3) is 0.593. The molecule has 2 N–H and O–H groups in total. The Bertz CT molecular complexity index is 1460. The van der Waals surface area contributed by atoms with Crippen molar-refractivity contribution in [3.8, 4) is 0 Å². The van der Waals surface area contributed by atoms with Crippen LogP contribution in [0.15, 0.2) is 30.7 Å². The van der Waals surface area contributed by atoms with Crippen LogP contribution in [0.1, 0.15) is 73.4 Å². The Morgan fingerprint density at radius 1 is 1.17 bits per heavy atom. The van der Waals surface area contributed by atoms with Crippen LogP contribution in [-0.4, -0.2) is 66.2 Å². The number of fused-ring (bicyclic) bond motifs is 2. The van der Waals surface area contributed by atoms with E-state index in [1.807, 2.05) is 13.8 Å². The van der Waals surface area contributed by atoms with E-state index in [2.05, 4.69) is 20.8 Å². The summed E-state index contributed by atoms with van der Waals surface area (Å²) in [6.45, 7) is 3.78. The highest BCUT2D eigenvalue weighted by Gasteiger charge is 2.69. The number of urea groups is 1. The minimum atomic E-state index is -2.78. The summed E-state index contributed by atoms with van der Waals surface area (Å²) >= 11 is 0. The fourth-order valence-electron chi connectivity index (χ4n) is 6.09. The van der Waals surface area contributed by atoms with Gasteiger partial charge in [-0.3, -0.25) is 9.48 Å². The summed E-state index contributed by atoms with van der Waals surface area (Å²) in [7, 11) is 0. The van der Waals surface area contributed by atoms with Crippen LogP contribution in [0.25, 0.3) is 5.65 Å². The number of alkyl halides is 4. The van der Waals surface area contributed by atoms with Crippen LogP contribution in [0.5, 0.6) is 0 Å². The lowest BCUT2D eigenvalue weighted by Gasteiger charge is -2.33. The maximum absolute atomic E-state index is 14.0. The quantitative estimate of drug-likeness (QED) is 0.410. The highest BCUT2D eigenvalue weighted by Crippen LogP contribution is 2.55. The number of rotatable bonds is 7. The summed E-state index contributed by atoms with van der Waals surface area (Å²) in [5.41, 5.74) is 1.86. The van der Waals surface area contributed by atoms with E-state index in [0.717, 1.165) is 0 Å². The minimum Gasteiger partial charge on any atom is -0.342 e. The molecule has 3 fully saturated rings. The van der Waals surface area contributed by atoms with Gasteiger partial charge in [0, 0.05) is 44.7 Å². The number of hydrogen-bond donors (Lipinski definition) is 2. The number of halogens is 4. The lowest BCUT2D eigenvalue weighted by Crippen LogP contribution is -2.40. The zero-order chi connectivity index (χ0) is 29.1. The Morgan fingerprint density at radius 3 is 2.66 bits per heavy atom. The second kappa shape index (κ2) is 9.98. The van der Waals surface area contributed by atoms with Crippen LogP contribution in [-0.2, 0) is 6.54 Å². The molecule has 3 aliphatic rings. The van der Waals surface area contributed by atoms with Gasteiger partial charge in [-0.15, -0.1) is 0 Å². The Balaban J connectivity index is 1.25. The van der Waals surface area contributed by atoms with Crippen molar-refractivity contribution in [1.29, 1.82) is 0 Å². The Morgan fingerprint density at radius 2 is 1.93 bits per heavy atom. The molecule has 6 rings (SSSR count). The molecule has 0 aromatic carbocycles. The van der Waals surface area contributed by atoms with Gasteiger partial charge in [0.05, 0.1) is 36.0 Å². The number of nitrogens with zero attached hydrogens (tertiary/aromatic N) is 6. The van der Waals surface area contributed by atoms with E-state index in [-0.39, 0.29) is 63.2 Å². The Labute approximate surface area is 233 Å². The molecular weight excluding hydrogens is 544 g/mol. The number of hydrogen-bond acceptors (Lipinski definition) is 5. The van der Waals surface area contributed by atoms with Gasteiger partial charge in [0.2, 0.25) is 5.92 Å². The van der Waals surface area contributed by atoms with Crippen molar-refractivity contribution in [3.63, 3.8) is 0 Å². The first-order chi connectivity index (χ1) is 19.4. The summed E-state index contributed by atoms with van der Waals surface area (Å²) in [6, 6.07) is 2.20. The van der Waals surface area contributed by atoms with Crippen molar-refractivity contribution >= 4 is 17.6 Å². The summed E-state index contributed by atoms with van der Waals surface area (Å²) < 4.78 is 59.0. The van der Waals surface area contributed by atoms with Crippen molar-refractivity contribution < 1.29 is 27.2 Å². The molecule has 1 aliphatic heterocycles. The summed E-state index contributed by atoms with van der Waals surface area (Å²) in [5, 5.41) is 14.2. The van der Waals surface area contributed by atoms with E-state index >= 15 is 0 Å². The zero-order valence-electron chi connectivity index (χ0n) is 22.7. The molecule has 3 aromatic rings. The van der Waals surface area contributed by atoms with Crippen molar-refractivity contribution in [2.45, 2.75) is 70.0 Å². The highest BCUT2D eigenvalue weighted by molar-refractivity contribution is 5.92. The molecule has 10 nitrogen and oxygen atoms in total. The van der Waals surface area contributed by atoms with Crippen LogP contribution in [0.3, 0.4) is 0 Å². The number of carbonyl (C=O) groups is 2. The molecule has 1 unspecified atom stereocenters. The van der Waals surface area contributed by atoms with Crippen LogP contribution in [0.4, 0.5) is 22.4 Å². The molecule has 3 atom stereocenters. The largest absolute Gasteiger partial charge is 0.342 e. The van der Waals surface area contributed by atoms with Crippen LogP contribution >= 0.6 is 0 Å². The SMILES string of the molecule is CC(C)n1nccc1C(=O)NC(c1cn2ncc(CN3C[C@@H]4[C@H](CNC3=O)C4(F)F)cc2n1)C1CCC(F)(F)CC1. The number of amides is 3. The molecular formula is C27H32F4N8O2. The normalized spacial score (nSPS) is 24.6. The van der Waals surface area contributed by atoms with Gasteiger partial charge in [-0.2, -0.15) is 10.2 Å². The third kappa shape index (κ3) is 5.23. The van der Waals surface area contributed by atoms with E-state index < -0.39 is 35.8 Å². The predicted molar refractivity (Wildman–Crippen MR) is 138 cm³/mol. The van der Waals surface area contributed by atoms with Crippen LogP contribution < -0.4 is 10.6 Å². The van der Waals surface area contributed by atoms with Crippen molar-refractivity contribution in [2.75, 3.05) is 13.1 Å². The lowest BCUT2D eigenvalue weighted by atomic mass is 9.81. The van der Waals surface area contributed by atoms with Crippen molar-refractivity contribution in [3.05, 3.63) is 47.7 Å². The van der Waals surface area contributed by atoms with Gasteiger partial charge in [-0.05, 0) is 50.3 Å². The molecule has 2 aliphatic carbocycles. The van der Waals surface area contributed by atoms with Gasteiger partial charge < -0.3 is 15.5 Å². The van der Waals surface area contributed by atoms with Gasteiger partial charge in [0.15, 0.2) is 5.65 Å². The molecule has 2 saturated carbocycles. The lowest BCUT2D eigenvalue weighted by molar-refractivity contribution is -0.0495. The minimum absolute atomic E-state index is 0.0495. The maximum atomic E-state index is 14.0. The summed E-state index contributed by atoms with van der Waals surface area (Å²) in [6.07, 6.45) is 4.61.